The number of amides is 1. The quantitative estimate of drug-likeness (QED) is 0.911. The van der Waals surface area contributed by atoms with Crippen molar-refractivity contribution >= 4 is 5.91 Å². The lowest BCUT2D eigenvalue weighted by molar-refractivity contribution is 0.0938. The third kappa shape index (κ3) is 2.32. The minimum atomic E-state index is -0.166. The molecule has 3 rings (SSSR count). The zero-order valence-corrected chi connectivity index (χ0v) is 11.1. The summed E-state index contributed by atoms with van der Waals surface area (Å²) < 4.78 is 10.9. The Hall–Kier alpha value is -2.49. The lowest BCUT2D eigenvalue weighted by Crippen LogP contribution is -2.29. The highest BCUT2D eigenvalue weighted by atomic mass is 16.5. The first-order valence-electron chi connectivity index (χ1n) is 6.44. The van der Waals surface area contributed by atoms with Crippen LogP contribution in [0.1, 0.15) is 22.0 Å². The molecular weight excluding hydrogens is 254 g/mol. The Morgan fingerprint density at radius 3 is 2.65 bits per heavy atom. The van der Waals surface area contributed by atoms with Crippen molar-refractivity contribution in [3.63, 3.8) is 0 Å². The van der Waals surface area contributed by atoms with Crippen LogP contribution in [-0.4, -0.2) is 19.6 Å². The van der Waals surface area contributed by atoms with Gasteiger partial charge in [0.15, 0.2) is 0 Å². The van der Waals surface area contributed by atoms with Gasteiger partial charge < -0.3 is 14.8 Å². The third-order valence-corrected chi connectivity index (χ3v) is 3.36. The van der Waals surface area contributed by atoms with Gasteiger partial charge in [0.25, 0.3) is 5.91 Å². The van der Waals surface area contributed by atoms with E-state index < -0.39 is 0 Å². The largest absolute Gasteiger partial charge is 0.497 e. The zero-order valence-electron chi connectivity index (χ0n) is 11.1. The van der Waals surface area contributed by atoms with E-state index >= 15 is 0 Å². The molecule has 0 saturated carbocycles. The van der Waals surface area contributed by atoms with Gasteiger partial charge in [-0.25, -0.2) is 0 Å². The van der Waals surface area contributed by atoms with Crippen LogP contribution >= 0.6 is 0 Å². The van der Waals surface area contributed by atoms with Gasteiger partial charge >= 0.3 is 0 Å². The zero-order chi connectivity index (χ0) is 13.9. The first-order valence-corrected chi connectivity index (χ1v) is 6.44. The van der Waals surface area contributed by atoms with Crippen molar-refractivity contribution in [1.29, 1.82) is 0 Å². The fourth-order valence-corrected chi connectivity index (χ4v) is 2.25. The van der Waals surface area contributed by atoms with Crippen LogP contribution in [-0.2, 0) is 0 Å². The molecule has 102 valence electrons. The summed E-state index contributed by atoms with van der Waals surface area (Å²) in [6, 6.07) is 14.7. The van der Waals surface area contributed by atoms with E-state index in [1.165, 1.54) is 0 Å². The van der Waals surface area contributed by atoms with Crippen molar-refractivity contribution in [2.75, 3.05) is 13.7 Å². The number of nitrogens with one attached hydrogen (secondary N) is 1. The first kappa shape index (κ1) is 12.5. The average molecular weight is 269 g/mol. The maximum absolute atomic E-state index is 12.2. The molecule has 0 aliphatic carbocycles. The Labute approximate surface area is 117 Å². The molecule has 1 amide bonds. The van der Waals surface area contributed by atoms with Crippen LogP contribution in [0.4, 0.5) is 0 Å². The molecule has 0 spiro atoms. The van der Waals surface area contributed by atoms with Crippen molar-refractivity contribution in [2.45, 2.75) is 6.04 Å². The Morgan fingerprint density at radius 2 is 1.90 bits per heavy atom. The highest BCUT2D eigenvalue weighted by Crippen LogP contribution is 2.25. The maximum atomic E-state index is 12.2. The Bertz CT molecular complexity index is 622. The van der Waals surface area contributed by atoms with Gasteiger partial charge in [0.2, 0.25) is 0 Å². The van der Waals surface area contributed by atoms with Crippen LogP contribution in [0.15, 0.2) is 48.5 Å². The van der Waals surface area contributed by atoms with Gasteiger partial charge in [0.1, 0.15) is 18.1 Å². The highest BCUT2D eigenvalue weighted by molar-refractivity contribution is 5.97. The monoisotopic (exact) mass is 269 g/mol. The van der Waals surface area contributed by atoms with E-state index in [4.69, 9.17) is 9.47 Å². The maximum Gasteiger partial charge on any atom is 0.255 e. The molecule has 0 fully saturated rings. The van der Waals surface area contributed by atoms with E-state index in [1.54, 1.807) is 13.2 Å². The summed E-state index contributed by atoms with van der Waals surface area (Å²) in [5, 5.41) is 2.98. The smallest absolute Gasteiger partial charge is 0.255 e. The van der Waals surface area contributed by atoms with Crippen LogP contribution in [0.2, 0.25) is 0 Å². The molecule has 20 heavy (non-hydrogen) atoms. The second-order valence-corrected chi connectivity index (χ2v) is 4.61. The van der Waals surface area contributed by atoms with Crippen molar-refractivity contribution in [3.8, 4) is 11.5 Å². The van der Waals surface area contributed by atoms with Crippen molar-refractivity contribution in [3.05, 3.63) is 59.7 Å². The summed E-state index contributed by atoms with van der Waals surface area (Å²) in [5.74, 6) is 1.30. The van der Waals surface area contributed by atoms with Gasteiger partial charge in [-0.15, -0.1) is 0 Å². The van der Waals surface area contributed by atoms with E-state index in [-0.39, 0.29) is 11.9 Å². The number of methoxy groups -OCH3 is 1. The lowest BCUT2D eigenvalue weighted by atomic mass is 10.1. The standard InChI is InChI=1S/C16H15NO3/c1-19-12-8-6-11(7-9-12)14-10-20-15-5-3-2-4-13(15)16(18)17-14/h2-9,14H,10H2,1H3,(H,17,18). The van der Waals surface area contributed by atoms with Gasteiger partial charge in [0.05, 0.1) is 18.7 Å². The number of carbonyl (C=O) groups excluding carboxylic acids is 1. The predicted molar refractivity (Wildman–Crippen MR) is 75.1 cm³/mol. The molecule has 1 aliphatic heterocycles. The summed E-state index contributed by atoms with van der Waals surface area (Å²) in [6.45, 7) is 0.412. The molecule has 1 atom stereocenters. The summed E-state index contributed by atoms with van der Waals surface area (Å²) in [5.41, 5.74) is 1.57. The number of rotatable bonds is 2. The number of fused-ring (bicyclic) bond motifs is 1. The lowest BCUT2D eigenvalue weighted by Gasteiger charge is -2.16. The Kier molecular flexibility index (Phi) is 3.29. The molecule has 4 heteroatoms. The molecular formula is C16H15NO3. The van der Waals surface area contributed by atoms with Crippen LogP contribution < -0.4 is 14.8 Å². The second-order valence-electron chi connectivity index (χ2n) is 4.61. The Balaban J connectivity index is 1.85. The molecule has 1 unspecified atom stereocenters. The number of hydrogen-bond acceptors (Lipinski definition) is 3. The van der Waals surface area contributed by atoms with Gasteiger partial charge in [-0.1, -0.05) is 24.3 Å². The molecule has 2 aromatic carbocycles. The molecule has 0 bridgehead atoms. The van der Waals surface area contributed by atoms with E-state index in [0.29, 0.717) is 17.9 Å². The van der Waals surface area contributed by atoms with E-state index in [1.807, 2.05) is 42.5 Å². The van der Waals surface area contributed by atoms with E-state index in [0.717, 1.165) is 11.3 Å². The topological polar surface area (TPSA) is 47.6 Å². The predicted octanol–water partition coefficient (Wildman–Crippen LogP) is 2.56. The average Bonchev–Trinajstić information content (AvgIpc) is 2.67. The van der Waals surface area contributed by atoms with Gasteiger partial charge in [-0.2, -0.15) is 0 Å². The fraction of sp³-hybridized carbons (Fsp3) is 0.188. The summed E-state index contributed by atoms with van der Waals surface area (Å²) in [6.07, 6.45) is 0. The molecule has 4 nitrogen and oxygen atoms in total. The molecule has 1 heterocycles. The molecule has 2 aromatic rings. The summed E-state index contributed by atoms with van der Waals surface area (Å²) in [4.78, 5) is 12.2. The van der Waals surface area contributed by atoms with Crippen LogP contribution in [0.3, 0.4) is 0 Å². The van der Waals surface area contributed by atoms with E-state index in [2.05, 4.69) is 5.32 Å². The molecule has 0 radical (unpaired) electrons. The normalized spacial score (nSPS) is 17.4. The minimum absolute atomic E-state index is 0.112. The van der Waals surface area contributed by atoms with Gasteiger partial charge in [0, 0.05) is 0 Å². The van der Waals surface area contributed by atoms with Crippen LogP contribution in [0, 0.1) is 0 Å². The number of hydrogen-bond donors (Lipinski definition) is 1. The number of benzene rings is 2. The summed E-state index contributed by atoms with van der Waals surface area (Å²) in [7, 11) is 1.63. The number of ether oxygens (including phenoxy) is 2. The first-order chi connectivity index (χ1) is 9.78. The molecule has 1 aliphatic rings. The molecule has 1 N–H and O–H groups in total. The summed E-state index contributed by atoms with van der Waals surface area (Å²) >= 11 is 0. The fourth-order valence-electron chi connectivity index (χ4n) is 2.25. The SMILES string of the molecule is COc1ccc(C2COc3ccccc3C(=O)N2)cc1. The third-order valence-electron chi connectivity index (χ3n) is 3.36. The number of para-hydroxylation sites is 1. The number of carbonyl (C=O) groups is 1. The van der Waals surface area contributed by atoms with Gasteiger partial charge in [-0.05, 0) is 29.8 Å². The van der Waals surface area contributed by atoms with Gasteiger partial charge in [-0.3, -0.25) is 4.79 Å². The second kappa shape index (κ2) is 5.25. The minimum Gasteiger partial charge on any atom is -0.497 e. The Morgan fingerprint density at radius 1 is 1.15 bits per heavy atom. The van der Waals surface area contributed by atoms with Crippen molar-refractivity contribution < 1.29 is 14.3 Å². The van der Waals surface area contributed by atoms with Crippen molar-refractivity contribution in [2.24, 2.45) is 0 Å². The highest BCUT2D eigenvalue weighted by Gasteiger charge is 2.23. The molecule has 0 saturated heterocycles. The molecule has 0 aromatic heterocycles. The van der Waals surface area contributed by atoms with Crippen LogP contribution in [0.25, 0.3) is 0 Å². The van der Waals surface area contributed by atoms with Crippen molar-refractivity contribution in [1.82, 2.24) is 5.32 Å². The van der Waals surface area contributed by atoms with E-state index in [9.17, 15) is 4.79 Å². The van der Waals surface area contributed by atoms with Crippen LogP contribution in [0.5, 0.6) is 11.5 Å².